The Morgan fingerprint density at radius 1 is 1.60 bits per heavy atom. The van der Waals surface area contributed by atoms with Gasteiger partial charge < -0.3 is 0 Å². The van der Waals surface area contributed by atoms with Gasteiger partial charge in [-0.1, -0.05) is 0 Å². The van der Waals surface area contributed by atoms with Gasteiger partial charge in [0.05, 0.1) is 0 Å². The first-order chi connectivity index (χ1) is 4.56. The number of nitrogens with two attached hydrogens (primary N) is 1. The molecule has 0 spiro atoms. The Labute approximate surface area is 61.0 Å². The van der Waals surface area contributed by atoms with Crippen molar-refractivity contribution in [2.45, 2.75) is 12.8 Å². The monoisotopic (exact) mass is 162 g/mol. The highest BCUT2D eigenvalue weighted by Crippen LogP contribution is 1.82. The van der Waals surface area contributed by atoms with Gasteiger partial charge in [-0.05, 0) is 6.42 Å². The largest absolute Gasteiger partial charge is 0.274 e. The van der Waals surface area contributed by atoms with Crippen molar-refractivity contribution in [3.05, 3.63) is 0 Å². The van der Waals surface area contributed by atoms with Crippen LogP contribution in [0.4, 0.5) is 0 Å². The maximum Gasteiger partial charge on any atom is 0.274 e. The highest BCUT2D eigenvalue weighted by Gasteiger charge is 1.97. The summed E-state index contributed by atoms with van der Waals surface area (Å²) in [6.45, 7) is 0.309. The van der Waals surface area contributed by atoms with E-state index in [0.717, 1.165) is 0 Å². The molecule has 0 unspecified atom stereocenters. The second-order valence-corrected chi connectivity index (χ2v) is 3.13. The van der Waals surface area contributed by atoms with E-state index in [1.54, 1.807) is 0 Å². The molecule has 4 nitrogen and oxygen atoms in total. The Morgan fingerprint density at radius 2 is 2.20 bits per heavy atom. The number of hydrogen-bond donors (Lipinski definition) is 2. The van der Waals surface area contributed by atoms with Crippen molar-refractivity contribution in [3.8, 4) is 12.3 Å². The van der Waals surface area contributed by atoms with Crippen LogP contribution < -0.4 is 9.86 Å². The predicted molar refractivity (Wildman–Crippen MR) is 39.2 cm³/mol. The zero-order valence-electron chi connectivity index (χ0n) is 5.50. The van der Waals surface area contributed by atoms with Gasteiger partial charge in [0, 0.05) is 13.0 Å². The van der Waals surface area contributed by atoms with E-state index in [1.807, 2.05) is 0 Å². The minimum atomic E-state index is -3.52. The number of rotatable bonds is 4. The van der Waals surface area contributed by atoms with E-state index in [2.05, 4.69) is 15.8 Å². The summed E-state index contributed by atoms with van der Waals surface area (Å²) in [5.74, 6) is 2.38. The molecule has 0 aliphatic carbocycles. The molecule has 0 amide bonds. The van der Waals surface area contributed by atoms with Gasteiger partial charge in [-0.15, -0.1) is 12.3 Å². The molecule has 0 aliphatic heterocycles. The van der Waals surface area contributed by atoms with Gasteiger partial charge in [-0.3, -0.25) is 0 Å². The third-order valence-electron chi connectivity index (χ3n) is 0.801. The van der Waals surface area contributed by atoms with Crippen LogP contribution in [0.1, 0.15) is 12.8 Å². The van der Waals surface area contributed by atoms with Gasteiger partial charge in [0.2, 0.25) is 0 Å². The molecular formula is C5H10N2O2S. The SMILES string of the molecule is C#CCCCNS(N)(=O)=O. The molecule has 58 valence electrons. The first kappa shape index (κ1) is 9.43. The van der Waals surface area contributed by atoms with Crippen molar-refractivity contribution in [1.82, 2.24) is 4.72 Å². The topological polar surface area (TPSA) is 72.2 Å². The molecule has 0 bridgehead atoms. The fourth-order valence-electron chi connectivity index (χ4n) is 0.405. The van der Waals surface area contributed by atoms with E-state index < -0.39 is 10.2 Å². The van der Waals surface area contributed by atoms with Crippen LogP contribution in [0.5, 0.6) is 0 Å². The summed E-state index contributed by atoms with van der Waals surface area (Å²) in [6, 6.07) is 0. The molecule has 10 heavy (non-hydrogen) atoms. The van der Waals surface area contributed by atoms with Gasteiger partial charge in [0.1, 0.15) is 0 Å². The molecule has 0 rings (SSSR count). The van der Waals surface area contributed by atoms with Crippen molar-refractivity contribution in [3.63, 3.8) is 0 Å². The summed E-state index contributed by atoms with van der Waals surface area (Å²) in [6.07, 6.45) is 6.10. The van der Waals surface area contributed by atoms with Crippen molar-refractivity contribution in [2.75, 3.05) is 6.54 Å². The maximum atomic E-state index is 10.2. The van der Waals surface area contributed by atoms with Crippen LogP contribution in [0, 0.1) is 12.3 Å². The number of terminal acetylenes is 1. The second-order valence-electron chi connectivity index (χ2n) is 1.75. The molecule has 0 fully saturated rings. The van der Waals surface area contributed by atoms with Crippen LogP contribution in [0.3, 0.4) is 0 Å². The van der Waals surface area contributed by atoms with Crippen molar-refractivity contribution >= 4 is 10.2 Å². The smallest absolute Gasteiger partial charge is 0.216 e. The maximum absolute atomic E-state index is 10.2. The molecule has 0 saturated carbocycles. The standard InChI is InChI=1S/C5H10N2O2S/c1-2-3-4-5-7-10(6,8)9/h1,7H,3-5H2,(H2,6,8,9). The normalized spacial score (nSPS) is 10.8. The van der Waals surface area contributed by atoms with Crippen LogP contribution in [-0.2, 0) is 10.2 Å². The number of hydrogen-bond acceptors (Lipinski definition) is 2. The molecule has 0 atom stereocenters. The van der Waals surface area contributed by atoms with Crippen LogP contribution in [-0.4, -0.2) is 15.0 Å². The Morgan fingerprint density at radius 3 is 2.60 bits per heavy atom. The number of nitrogens with one attached hydrogen (secondary N) is 1. The Bertz CT molecular complexity index is 214. The van der Waals surface area contributed by atoms with Gasteiger partial charge in [0.25, 0.3) is 10.2 Å². The highest BCUT2D eigenvalue weighted by atomic mass is 32.2. The third kappa shape index (κ3) is 7.43. The molecular weight excluding hydrogens is 152 g/mol. The molecule has 0 aromatic heterocycles. The van der Waals surface area contributed by atoms with Crippen LogP contribution in [0.25, 0.3) is 0 Å². The van der Waals surface area contributed by atoms with Crippen molar-refractivity contribution < 1.29 is 8.42 Å². The van der Waals surface area contributed by atoms with Crippen molar-refractivity contribution in [2.24, 2.45) is 5.14 Å². The zero-order chi connectivity index (χ0) is 8.04. The summed E-state index contributed by atoms with van der Waals surface area (Å²) in [5.41, 5.74) is 0. The molecule has 0 aromatic carbocycles. The van der Waals surface area contributed by atoms with E-state index in [1.165, 1.54) is 0 Å². The Balaban J connectivity index is 3.32. The van der Waals surface area contributed by atoms with E-state index >= 15 is 0 Å². The fraction of sp³-hybridized carbons (Fsp3) is 0.600. The average molecular weight is 162 g/mol. The van der Waals surface area contributed by atoms with E-state index in [9.17, 15) is 8.42 Å². The van der Waals surface area contributed by atoms with E-state index in [-0.39, 0.29) is 0 Å². The van der Waals surface area contributed by atoms with Crippen LogP contribution >= 0.6 is 0 Å². The summed E-state index contributed by atoms with van der Waals surface area (Å²) in [5, 5.41) is 4.63. The summed E-state index contributed by atoms with van der Waals surface area (Å²) in [7, 11) is -3.52. The minimum absolute atomic E-state index is 0.309. The van der Waals surface area contributed by atoms with Gasteiger partial charge in [-0.2, -0.15) is 8.42 Å². The van der Waals surface area contributed by atoms with Gasteiger partial charge in [-0.25, -0.2) is 9.86 Å². The highest BCUT2D eigenvalue weighted by molar-refractivity contribution is 7.87. The summed E-state index contributed by atoms with van der Waals surface area (Å²) in [4.78, 5) is 0. The fourth-order valence-corrected chi connectivity index (χ4v) is 0.834. The lowest BCUT2D eigenvalue weighted by Crippen LogP contribution is -2.31. The lowest BCUT2D eigenvalue weighted by Gasteiger charge is -1.97. The van der Waals surface area contributed by atoms with Gasteiger partial charge >= 0.3 is 0 Å². The van der Waals surface area contributed by atoms with E-state index in [4.69, 9.17) is 6.42 Å². The molecule has 0 heterocycles. The predicted octanol–water partition coefficient (Wildman–Crippen LogP) is -0.807. The quantitative estimate of drug-likeness (QED) is 0.419. The van der Waals surface area contributed by atoms with Crippen LogP contribution in [0.2, 0.25) is 0 Å². The van der Waals surface area contributed by atoms with E-state index in [0.29, 0.717) is 19.4 Å². The second kappa shape index (κ2) is 4.28. The lowest BCUT2D eigenvalue weighted by atomic mass is 10.3. The number of unbranched alkanes of at least 4 members (excludes halogenated alkanes) is 1. The molecule has 0 saturated heterocycles. The Kier molecular flexibility index (Phi) is 4.03. The lowest BCUT2D eigenvalue weighted by molar-refractivity contribution is 0.581. The zero-order valence-corrected chi connectivity index (χ0v) is 6.32. The summed E-state index contributed by atoms with van der Waals surface area (Å²) >= 11 is 0. The molecule has 0 aromatic rings. The average Bonchev–Trinajstić information content (AvgIpc) is 1.78. The molecule has 0 radical (unpaired) electrons. The first-order valence-corrected chi connectivity index (χ1v) is 4.32. The minimum Gasteiger partial charge on any atom is -0.216 e. The van der Waals surface area contributed by atoms with Gasteiger partial charge in [0.15, 0.2) is 0 Å². The summed E-state index contributed by atoms with van der Waals surface area (Å²) < 4.78 is 22.5. The molecule has 3 N–H and O–H groups in total. The molecule has 5 heteroatoms. The Hall–Kier alpha value is -0.570. The third-order valence-corrected chi connectivity index (χ3v) is 1.41. The molecule has 0 aliphatic rings. The van der Waals surface area contributed by atoms with Crippen LogP contribution in [0.15, 0.2) is 0 Å². The van der Waals surface area contributed by atoms with Crippen molar-refractivity contribution in [1.29, 1.82) is 0 Å². The first-order valence-electron chi connectivity index (χ1n) is 2.77.